The summed E-state index contributed by atoms with van der Waals surface area (Å²) in [6.45, 7) is 5.13. The molecule has 1 aromatic rings. The number of likely N-dealkylation sites (tertiary alicyclic amines) is 1. The highest BCUT2D eigenvalue weighted by Gasteiger charge is 2.25. The Kier molecular flexibility index (Phi) is 4.93. The van der Waals surface area contributed by atoms with Crippen molar-refractivity contribution >= 4 is 17.2 Å². The first-order chi connectivity index (χ1) is 10.3. The van der Waals surface area contributed by atoms with Crippen LogP contribution < -0.4 is 5.73 Å². The molecule has 0 saturated carbocycles. The third-order valence-electron chi connectivity index (χ3n) is 4.70. The summed E-state index contributed by atoms with van der Waals surface area (Å²) in [5.41, 5.74) is 7.01. The van der Waals surface area contributed by atoms with Crippen molar-refractivity contribution in [3.63, 3.8) is 0 Å². The average Bonchev–Trinajstić information content (AvgIpc) is 2.95. The molecule has 3 rings (SSSR count). The normalized spacial score (nSPS) is 23.1. The van der Waals surface area contributed by atoms with Crippen molar-refractivity contribution in [3.05, 3.63) is 21.9 Å². The van der Waals surface area contributed by atoms with E-state index in [1.54, 1.807) is 0 Å². The molecule has 1 fully saturated rings. The van der Waals surface area contributed by atoms with Gasteiger partial charge in [-0.3, -0.25) is 9.69 Å². The first-order valence-electron chi connectivity index (χ1n) is 8.01. The smallest absolute Gasteiger partial charge is 0.237 e. The maximum atomic E-state index is 12.5. The molecule has 1 unspecified atom stereocenters. The molecule has 116 valence electrons. The van der Waals surface area contributed by atoms with Crippen LogP contribution in [0.2, 0.25) is 0 Å². The average molecular weight is 307 g/mol. The predicted molar refractivity (Wildman–Crippen MR) is 86.3 cm³/mol. The molecule has 2 aliphatic heterocycles. The Morgan fingerprint density at radius 2 is 2.33 bits per heavy atom. The molecule has 21 heavy (non-hydrogen) atoms. The molecule has 0 aliphatic carbocycles. The monoisotopic (exact) mass is 307 g/mol. The van der Waals surface area contributed by atoms with Gasteiger partial charge in [0.15, 0.2) is 0 Å². The summed E-state index contributed by atoms with van der Waals surface area (Å²) in [4.78, 5) is 18.3. The van der Waals surface area contributed by atoms with Gasteiger partial charge in [0.25, 0.3) is 0 Å². The van der Waals surface area contributed by atoms with Crippen LogP contribution in [0.15, 0.2) is 11.4 Å². The molecule has 4 nitrogen and oxygen atoms in total. The predicted octanol–water partition coefficient (Wildman–Crippen LogP) is 1.69. The number of hydrogen-bond acceptors (Lipinski definition) is 4. The third kappa shape index (κ3) is 3.65. The van der Waals surface area contributed by atoms with E-state index in [2.05, 4.69) is 16.3 Å². The van der Waals surface area contributed by atoms with Crippen molar-refractivity contribution < 1.29 is 4.79 Å². The van der Waals surface area contributed by atoms with E-state index in [1.807, 2.05) is 16.2 Å². The van der Waals surface area contributed by atoms with Crippen LogP contribution in [0.4, 0.5) is 0 Å². The van der Waals surface area contributed by atoms with Crippen molar-refractivity contribution in [2.75, 3.05) is 32.7 Å². The number of piperidine rings is 1. The lowest BCUT2D eigenvalue weighted by Gasteiger charge is -2.34. The van der Waals surface area contributed by atoms with E-state index in [9.17, 15) is 4.79 Å². The Hall–Kier alpha value is -0.910. The SMILES string of the molecule is NCCC1CCCN(CC(=O)N2CCc3sccc3C2)C1. The number of carbonyl (C=O) groups is 1. The second-order valence-corrected chi connectivity index (χ2v) is 7.26. The molecule has 1 saturated heterocycles. The van der Waals surface area contributed by atoms with Crippen molar-refractivity contribution in [1.82, 2.24) is 9.80 Å². The first kappa shape index (κ1) is 15.0. The van der Waals surface area contributed by atoms with Crippen LogP contribution >= 0.6 is 11.3 Å². The lowest BCUT2D eigenvalue weighted by Crippen LogP contribution is -2.45. The highest BCUT2D eigenvalue weighted by atomic mass is 32.1. The van der Waals surface area contributed by atoms with Gasteiger partial charge in [-0.05, 0) is 61.7 Å². The maximum Gasteiger partial charge on any atom is 0.237 e. The fourth-order valence-corrected chi connectivity index (χ4v) is 4.41. The van der Waals surface area contributed by atoms with E-state index >= 15 is 0 Å². The Morgan fingerprint density at radius 1 is 1.43 bits per heavy atom. The summed E-state index contributed by atoms with van der Waals surface area (Å²) in [5, 5.41) is 2.14. The van der Waals surface area contributed by atoms with Crippen LogP contribution in [-0.2, 0) is 17.8 Å². The topological polar surface area (TPSA) is 49.6 Å². The van der Waals surface area contributed by atoms with Gasteiger partial charge in [0.1, 0.15) is 0 Å². The summed E-state index contributed by atoms with van der Waals surface area (Å²) in [6.07, 6.45) is 4.58. The number of nitrogens with zero attached hydrogens (tertiary/aromatic N) is 2. The van der Waals surface area contributed by atoms with Crippen LogP contribution in [0, 0.1) is 5.92 Å². The van der Waals surface area contributed by atoms with Crippen molar-refractivity contribution in [2.45, 2.75) is 32.2 Å². The zero-order valence-corrected chi connectivity index (χ0v) is 13.4. The minimum absolute atomic E-state index is 0.292. The van der Waals surface area contributed by atoms with Gasteiger partial charge >= 0.3 is 0 Å². The zero-order chi connectivity index (χ0) is 14.7. The van der Waals surface area contributed by atoms with E-state index in [0.717, 1.165) is 45.6 Å². The molecule has 3 heterocycles. The van der Waals surface area contributed by atoms with Crippen LogP contribution in [0.5, 0.6) is 0 Å². The second-order valence-electron chi connectivity index (χ2n) is 6.26. The Labute approximate surface area is 130 Å². The number of amides is 1. The Balaban J connectivity index is 1.52. The Morgan fingerprint density at radius 3 is 3.19 bits per heavy atom. The molecule has 0 spiro atoms. The quantitative estimate of drug-likeness (QED) is 0.921. The summed E-state index contributed by atoms with van der Waals surface area (Å²) in [5.74, 6) is 0.974. The molecule has 1 aromatic heterocycles. The van der Waals surface area contributed by atoms with Gasteiger partial charge in [-0.1, -0.05) is 0 Å². The van der Waals surface area contributed by atoms with E-state index in [-0.39, 0.29) is 0 Å². The van der Waals surface area contributed by atoms with Crippen molar-refractivity contribution in [2.24, 2.45) is 11.7 Å². The van der Waals surface area contributed by atoms with Gasteiger partial charge < -0.3 is 10.6 Å². The molecule has 5 heteroatoms. The summed E-state index contributed by atoms with van der Waals surface area (Å²) in [7, 11) is 0. The van der Waals surface area contributed by atoms with Crippen LogP contribution in [-0.4, -0.2) is 48.4 Å². The number of nitrogens with two attached hydrogens (primary N) is 1. The fourth-order valence-electron chi connectivity index (χ4n) is 3.52. The van der Waals surface area contributed by atoms with E-state index < -0.39 is 0 Å². The van der Waals surface area contributed by atoms with Crippen LogP contribution in [0.25, 0.3) is 0 Å². The number of rotatable bonds is 4. The minimum Gasteiger partial charge on any atom is -0.337 e. The van der Waals surface area contributed by atoms with Gasteiger partial charge in [-0.15, -0.1) is 11.3 Å². The summed E-state index contributed by atoms with van der Waals surface area (Å²) < 4.78 is 0. The van der Waals surface area contributed by atoms with Gasteiger partial charge in [0.05, 0.1) is 6.54 Å². The molecule has 2 N–H and O–H groups in total. The van der Waals surface area contributed by atoms with Crippen molar-refractivity contribution in [3.8, 4) is 0 Å². The lowest BCUT2D eigenvalue weighted by atomic mass is 9.95. The Bertz CT molecular complexity index is 486. The standard InChI is InChI=1S/C16H25N3OS/c17-6-3-13-2-1-7-18(10-13)12-16(20)19-8-4-15-14(11-19)5-9-21-15/h5,9,13H,1-4,6-8,10-12,17H2. The fraction of sp³-hybridized carbons (Fsp3) is 0.688. The van der Waals surface area contributed by atoms with Gasteiger partial charge in [0, 0.05) is 24.5 Å². The molecule has 1 atom stereocenters. The van der Waals surface area contributed by atoms with Crippen LogP contribution in [0.1, 0.15) is 29.7 Å². The molecule has 0 radical (unpaired) electrons. The largest absolute Gasteiger partial charge is 0.337 e. The maximum absolute atomic E-state index is 12.5. The summed E-state index contributed by atoms with van der Waals surface area (Å²) in [6, 6.07) is 2.16. The molecule has 2 aliphatic rings. The number of hydrogen-bond donors (Lipinski definition) is 1. The molecular weight excluding hydrogens is 282 g/mol. The van der Waals surface area contributed by atoms with E-state index in [1.165, 1.54) is 23.3 Å². The highest BCUT2D eigenvalue weighted by Crippen LogP contribution is 2.24. The molecule has 0 aromatic carbocycles. The molecule has 1 amide bonds. The number of thiophene rings is 1. The zero-order valence-electron chi connectivity index (χ0n) is 12.6. The van der Waals surface area contributed by atoms with E-state index in [0.29, 0.717) is 18.4 Å². The first-order valence-corrected chi connectivity index (χ1v) is 8.89. The summed E-state index contributed by atoms with van der Waals surface area (Å²) >= 11 is 1.82. The number of carbonyl (C=O) groups excluding carboxylic acids is 1. The third-order valence-corrected chi connectivity index (χ3v) is 5.72. The minimum atomic E-state index is 0.292. The van der Waals surface area contributed by atoms with E-state index in [4.69, 9.17) is 5.73 Å². The van der Waals surface area contributed by atoms with Crippen molar-refractivity contribution in [1.29, 1.82) is 0 Å². The second kappa shape index (κ2) is 6.90. The van der Waals surface area contributed by atoms with Gasteiger partial charge in [0.2, 0.25) is 5.91 Å². The lowest BCUT2D eigenvalue weighted by molar-refractivity contribution is -0.133. The number of fused-ring (bicyclic) bond motifs is 1. The van der Waals surface area contributed by atoms with Crippen LogP contribution in [0.3, 0.4) is 0 Å². The molecular formula is C16H25N3OS. The van der Waals surface area contributed by atoms with Gasteiger partial charge in [-0.2, -0.15) is 0 Å². The highest BCUT2D eigenvalue weighted by molar-refractivity contribution is 7.10. The molecule has 0 bridgehead atoms. The van der Waals surface area contributed by atoms with Gasteiger partial charge in [-0.25, -0.2) is 0 Å².